The maximum Gasteiger partial charge on any atom is 0.433 e. The smallest absolute Gasteiger partial charge is 0.304 e. The maximum absolute atomic E-state index is 13.4. The summed E-state index contributed by atoms with van der Waals surface area (Å²) in [5.74, 6) is -5.58. The van der Waals surface area contributed by atoms with Crippen LogP contribution < -0.4 is 10.9 Å². The minimum absolute atomic E-state index is 0.301. The fourth-order valence-electron chi connectivity index (χ4n) is 3.36. The molecule has 0 spiro atoms. The monoisotopic (exact) mass is 525 g/mol. The number of fused-ring (bicyclic) bond motifs is 3. The van der Waals surface area contributed by atoms with Gasteiger partial charge in [-0.3, -0.25) is 9.59 Å². The van der Waals surface area contributed by atoms with Gasteiger partial charge < -0.3 is 5.32 Å². The van der Waals surface area contributed by atoms with Gasteiger partial charge in [-0.25, -0.2) is 18.9 Å². The summed E-state index contributed by atoms with van der Waals surface area (Å²) in [5, 5.41) is 14.5. The van der Waals surface area contributed by atoms with Crippen molar-refractivity contribution in [3.05, 3.63) is 64.1 Å². The van der Waals surface area contributed by atoms with Crippen LogP contribution in [-0.2, 0) is 35.6 Å². The van der Waals surface area contributed by atoms with Crippen LogP contribution in [-0.4, -0.2) is 38.5 Å². The molecule has 5 rings (SSSR count). The number of nitriles is 1. The Balaban J connectivity index is 1.79. The Morgan fingerprint density at radius 3 is 2.50 bits per heavy atom. The summed E-state index contributed by atoms with van der Waals surface area (Å²) in [6, 6.07) is 5.58. The molecule has 0 saturated carbocycles. The molecule has 184 valence electrons. The van der Waals surface area contributed by atoms with E-state index in [0.717, 1.165) is 30.5 Å². The molecule has 4 aromatic rings. The summed E-state index contributed by atoms with van der Waals surface area (Å²) in [6.45, 7) is 0. The highest BCUT2D eigenvalue weighted by Crippen LogP contribution is 2.38. The maximum atomic E-state index is 13.4. The highest BCUT2D eigenvalue weighted by atomic mass is 32.3. The van der Waals surface area contributed by atoms with Gasteiger partial charge in [0, 0.05) is 6.07 Å². The normalized spacial score (nSPS) is 16.4. The lowest BCUT2D eigenvalue weighted by atomic mass is 10.2. The van der Waals surface area contributed by atoms with Crippen molar-refractivity contribution in [3.8, 4) is 6.07 Å². The second kappa shape index (κ2) is 7.51. The van der Waals surface area contributed by atoms with Crippen molar-refractivity contribution in [2.45, 2.75) is 12.1 Å². The van der Waals surface area contributed by atoms with E-state index in [1.165, 1.54) is 0 Å². The molecule has 36 heavy (non-hydrogen) atoms. The number of halogens is 4. The van der Waals surface area contributed by atoms with Gasteiger partial charge in [-0.2, -0.15) is 44.8 Å². The van der Waals surface area contributed by atoms with Gasteiger partial charge in [-0.15, -0.1) is 0 Å². The number of rotatable bonds is 3. The van der Waals surface area contributed by atoms with Crippen LogP contribution in [0.4, 0.5) is 23.4 Å². The average Bonchev–Trinajstić information content (AvgIpc) is 3.22. The number of carbonyl (C=O) groups excluding carboxylic acids is 1. The van der Waals surface area contributed by atoms with E-state index >= 15 is 0 Å². The van der Waals surface area contributed by atoms with Crippen LogP contribution in [0.25, 0.3) is 16.7 Å². The molecule has 1 aliphatic heterocycles. The molecule has 0 unspecified atom stereocenters. The summed E-state index contributed by atoms with van der Waals surface area (Å²) in [6.07, 6.45) is -4.18. The second-order valence-corrected chi connectivity index (χ2v) is 8.24. The highest BCUT2D eigenvalue weighted by Gasteiger charge is 2.62. The Kier molecular flexibility index (Phi) is 4.86. The van der Waals surface area contributed by atoms with Crippen LogP contribution in [0.3, 0.4) is 0 Å². The zero-order valence-electron chi connectivity index (χ0n) is 17.0. The fourth-order valence-corrected chi connectivity index (χ4v) is 4.23. The minimum atomic E-state index is -4.90. The molecule has 0 bridgehead atoms. The van der Waals surface area contributed by atoms with E-state index in [1.54, 1.807) is 6.07 Å². The van der Waals surface area contributed by atoms with E-state index in [0.29, 0.717) is 15.1 Å². The summed E-state index contributed by atoms with van der Waals surface area (Å²) in [5.41, 5.74) is -4.34. The van der Waals surface area contributed by atoms with E-state index < -0.39 is 67.8 Å². The molecule has 5 heterocycles. The van der Waals surface area contributed by atoms with E-state index in [2.05, 4.69) is 20.4 Å². The first-order chi connectivity index (χ1) is 16.8. The molecule has 0 aromatic carbocycles. The van der Waals surface area contributed by atoms with Crippen molar-refractivity contribution in [3.63, 3.8) is 0 Å². The van der Waals surface area contributed by atoms with Crippen molar-refractivity contribution in [2.24, 2.45) is 0 Å². The number of aromatic nitrogens is 5. The lowest BCUT2D eigenvalue weighted by Gasteiger charge is -2.38. The van der Waals surface area contributed by atoms with Crippen LogP contribution in [0.1, 0.15) is 11.4 Å². The molecule has 1 fully saturated rings. The molecule has 1 aliphatic rings. The number of hydrogen-bond donors (Lipinski definition) is 1. The number of alkyl halides is 3. The van der Waals surface area contributed by atoms with E-state index in [1.807, 2.05) is 0 Å². The van der Waals surface area contributed by atoms with Gasteiger partial charge in [0.1, 0.15) is 29.0 Å². The summed E-state index contributed by atoms with van der Waals surface area (Å²) in [7, 11) is -4.80. The third-order valence-electron chi connectivity index (χ3n) is 4.81. The summed E-state index contributed by atoms with van der Waals surface area (Å²) in [4.78, 5) is 33.5. The number of carbonyl (C=O) groups is 1. The standard InChI is InChI=1S/C18H7F4N7O6S/c19-8-1-4-12(24-7-8)26-16(31)18(34-36(32,33)35-18)28-13-5-9(6-23)27-29(13)14-10(15(28)30)2-3-11(25-14)17(20,21)22/h1-5,7H,(H,24,26,31). The van der Waals surface area contributed by atoms with Gasteiger partial charge in [-0.1, -0.05) is 0 Å². The number of nitrogens with zero attached hydrogens (tertiary/aromatic N) is 6. The lowest BCUT2D eigenvalue weighted by Crippen LogP contribution is -2.62. The average molecular weight is 525 g/mol. The number of hydrogen-bond acceptors (Lipinski definition) is 10. The van der Waals surface area contributed by atoms with Crippen molar-refractivity contribution in [1.82, 2.24) is 24.1 Å². The summed E-state index contributed by atoms with van der Waals surface area (Å²) < 4.78 is 86.7. The first kappa shape index (κ1) is 23.3. The molecule has 1 saturated heterocycles. The van der Waals surface area contributed by atoms with E-state index in [4.69, 9.17) is 8.37 Å². The van der Waals surface area contributed by atoms with E-state index in [9.17, 15) is 40.8 Å². The molecule has 18 heteroatoms. The third kappa shape index (κ3) is 3.53. The number of amides is 1. The van der Waals surface area contributed by atoms with Gasteiger partial charge in [0.15, 0.2) is 11.3 Å². The Bertz CT molecular complexity index is 1780. The quantitative estimate of drug-likeness (QED) is 0.381. The molecule has 13 nitrogen and oxygen atoms in total. The molecule has 1 amide bonds. The third-order valence-corrected chi connectivity index (χ3v) is 5.67. The van der Waals surface area contributed by atoms with Crippen molar-refractivity contribution < 1.29 is 39.1 Å². The number of nitrogens with one attached hydrogen (secondary N) is 1. The largest absolute Gasteiger partial charge is 0.433 e. The Morgan fingerprint density at radius 1 is 1.19 bits per heavy atom. The number of pyridine rings is 2. The fraction of sp³-hybridized carbons (Fsp3) is 0.111. The van der Waals surface area contributed by atoms with Gasteiger partial charge in [0.05, 0.1) is 11.6 Å². The molecule has 1 N–H and O–H groups in total. The van der Waals surface area contributed by atoms with Gasteiger partial charge in [0.2, 0.25) is 0 Å². The lowest BCUT2D eigenvalue weighted by molar-refractivity contribution is -0.234. The van der Waals surface area contributed by atoms with Gasteiger partial charge >= 0.3 is 28.4 Å². The molecule has 0 radical (unpaired) electrons. The van der Waals surface area contributed by atoms with Gasteiger partial charge in [0.25, 0.3) is 5.56 Å². The topological polar surface area (TPSA) is 171 Å². The molecule has 0 atom stereocenters. The van der Waals surface area contributed by atoms with Crippen LogP contribution in [0.5, 0.6) is 0 Å². The van der Waals surface area contributed by atoms with Gasteiger partial charge in [-0.05, 0) is 24.3 Å². The highest BCUT2D eigenvalue weighted by molar-refractivity contribution is 7.82. The molecule has 4 aromatic heterocycles. The minimum Gasteiger partial charge on any atom is -0.304 e. The molecular formula is C18H7F4N7O6S. The predicted molar refractivity (Wildman–Crippen MR) is 106 cm³/mol. The summed E-state index contributed by atoms with van der Waals surface area (Å²) >= 11 is 0. The van der Waals surface area contributed by atoms with Crippen molar-refractivity contribution in [1.29, 1.82) is 5.26 Å². The van der Waals surface area contributed by atoms with Crippen LogP contribution >= 0.6 is 0 Å². The van der Waals surface area contributed by atoms with Crippen LogP contribution in [0.15, 0.2) is 41.3 Å². The molecule has 0 aliphatic carbocycles. The van der Waals surface area contributed by atoms with E-state index in [-0.39, 0.29) is 5.82 Å². The first-order valence-corrected chi connectivity index (χ1v) is 10.7. The Labute approximate surface area is 195 Å². The Morgan fingerprint density at radius 2 is 1.92 bits per heavy atom. The zero-order chi connectivity index (χ0) is 26.0. The second-order valence-electron chi connectivity index (χ2n) is 7.09. The van der Waals surface area contributed by atoms with Crippen molar-refractivity contribution in [2.75, 3.05) is 5.32 Å². The van der Waals surface area contributed by atoms with Crippen LogP contribution in [0, 0.1) is 17.1 Å². The van der Waals surface area contributed by atoms with Crippen LogP contribution in [0.2, 0.25) is 0 Å². The predicted octanol–water partition coefficient (Wildman–Crippen LogP) is 1.01. The Hall–Kier alpha value is -4.47. The first-order valence-electron chi connectivity index (χ1n) is 9.37. The zero-order valence-corrected chi connectivity index (χ0v) is 17.8. The van der Waals surface area contributed by atoms with Crippen molar-refractivity contribution >= 4 is 38.8 Å². The number of anilines is 1. The SMILES string of the molecule is N#Cc1cc2n(C3(C(=O)Nc4ccc(F)cn4)OS(=O)(=O)O3)c(=O)c3ccc(C(F)(F)F)nc3n2n1. The molecular weight excluding hydrogens is 518 g/mol.